The van der Waals surface area contributed by atoms with E-state index in [-0.39, 0.29) is 16.8 Å². The lowest BCUT2D eigenvalue weighted by Gasteiger charge is -2.13. The van der Waals surface area contributed by atoms with E-state index < -0.39 is 52.9 Å². The highest BCUT2D eigenvalue weighted by Crippen LogP contribution is 2.32. The van der Waals surface area contributed by atoms with Gasteiger partial charge in [0.25, 0.3) is 5.91 Å². The Morgan fingerprint density at radius 3 is 2.17 bits per heavy atom. The minimum atomic E-state index is -4.67. The third kappa shape index (κ3) is 4.58. The maximum Gasteiger partial charge on any atom is 0.418 e. The number of carbonyl (C=O) groups excluding carboxylic acids is 1. The van der Waals surface area contributed by atoms with Gasteiger partial charge in [-0.3, -0.25) is 9.78 Å². The topological polar surface area (TPSA) is 42.0 Å². The molecule has 0 atom stereocenters. The van der Waals surface area contributed by atoms with Gasteiger partial charge in [0, 0.05) is 36.6 Å². The summed E-state index contributed by atoms with van der Waals surface area (Å²) in [6, 6.07) is 4.81. The summed E-state index contributed by atoms with van der Waals surface area (Å²) < 4.78 is 93.8. The fraction of sp³-hybridized carbons (Fsp3) is 0.100. The van der Waals surface area contributed by atoms with Gasteiger partial charge in [-0.25, -0.2) is 17.6 Å². The summed E-state index contributed by atoms with van der Waals surface area (Å²) in [6.45, 7) is 0. The quantitative estimate of drug-likeness (QED) is 0.558. The van der Waals surface area contributed by atoms with Crippen molar-refractivity contribution < 1.29 is 35.5 Å². The Labute approximate surface area is 165 Å². The first-order chi connectivity index (χ1) is 14.1. The molecule has 10 heteroatoms. The molecule has 0 unspecified atom stereocenters. The molecule has 0 radical (unpaired) electrons. The second kappa shape index (κ2) is 8.13. The Morgan fingerprint density at radius 1 is 0.900 bits per heavy atom. The van der Waals surface area contributed by atoms with Crippen molar-refractivity contribution >= 4 is 11.6 Å². The molecule has 3 aromatic rings. The lowest BCUT2D eigenvalue weighted by atomic mass is 10.0. The summed E-state index contributed by atoms with van der Waals surface area (Å²) in [5.41, 5.74) is -2.58. The van der Waals surface area contributed by atoms with Crippen LogP contribution >= 0.6 is 0 Å². The summed E-state index contributed by atoms with van der Waals surface area (Å²) in [6.07, 6.45) is -3.30. The van der Waals surface area contributed by atoms with Crippen LogP contribution in [0.25, 0.3) is 0 Å². The number of nitrogens with zero attached hydrogens (tertiary/aromatic N) is 1. The van der Waals surface area contributed by atoms with E-state index in [2.05, 4.69) is 10.3 Å². The van der Waals surface area contributed by atoms with E-state index in [1.165, 1.54) is 0 Å². The number of pyridine rings is 1. The van der Waals surface area contributed by atoms with Crippen LogP contribution in [0, 0.1) is 23.3 Å². The van der Waals surface area contributed by atoms with Gasteiger partial charge in [0.1, 0.15) is 28.8 Å². The van der Waals surface area contributed by atoms with Crippen LogP contribution in [0.4, 0.5) is 36.4 Å². The highest BCUT2D eigenvalue weighted by molar-refractivity contribution is 6.04. The molecule has 1 heterocycles. The van der Waals surface area contributed by atoms with Crippen LogP contribution < -0.4 is 5.32 Å². The first kappa shape index (κ1) is 21.3. The van der Waals surface area contributed by atoms with Gasteiger partial charge < -0.3 is 5.32 Å². The zero-order valence-corrected chi connectivity index (χ0v) is 14.8. The van der Waals surface area contributed by atoms with Crippen molar-refractivity contribution in [2.24, 2.45) is 0 Å². The normalized spacial score (nSPS) is 11.4. The number of hydrogen-bond acceptors (Lipinski definition) is 2. The highest BCUT2D eigenvalue weighted by atomic mass is 19.4. The van der Waals surface area contributed by atoms with Gasteiger partial charge >= 0.3 is 6.18 Å². The van der Waals surface area contributed by atoms with E-state index in [9.17, 15) is 35.5 Å². The van der Waals surface area contributed by atoms with Gasteiger partial charge in [-0.05, 0) is 29.3 Å². The molecule has 0 bridgehead atoms. The highest BCUT2D eigenvalue weighted by Gasteiger charge is 2.33. The summed E-state index contributed by atoms with van der Waals surface area (Å²) in [7, 11) is 0. The maximum absolute atomic E-state index is 14.4. The summed E-state index contributed by atoms with van der Waals surface area (Å²) in [4.78, 5) is 15.5. The first-order valence-corrected chi connectivity index (χ1v) is 8.30. The van der Waals surface area contributed by atoms with Crippen LogP contribution in [-0.2, 0) is 12.6 Å². The van der Waals surface area contributed by atoms with E-state index in [0.717, 1.165) is 30.5 Å². The van der Waals surface area contributed by atoms with Crippen molar-refractivity contribution in [1.29, 1.82) is 0 Å². The fourth-order valence-electron chi connectivity index (χ4n) is 2.76. The van der Waals surface area contributed by atoms with Crippen molar-refractivity contribution in [3.05, 3.63) is 94.3 Å². The van der Waals surface area contributed by atoms with Crippen molar-refractivity contribution in [2.45, 2.75) is 12.6 Å². The number of hydrogen-bond donors (Lipinski definition) is 1. The number of amides is 1. The van der Waals surface area contributed by atoms with Gasteiger partial charge in [0.15, 0.2) is 0 Å². The Kier molecular flexibility index (Phi) is 5.77. The maximum atomic E-state index is 14.4. The number of benzene rings is 2. The van der Waals surface area contributed by atoms with E-state index in [1.54, 1.807) is 0 Å². The summed E-state index contributed by atoms with van der Waals surface area (Å²) >= 11 is 0. The molecule has 0 saturated heterocycles. The third-order valence-corrected chi connectivity index (χ3v) is 4.14. The molecule has 30 heavy (non-hydrogen) atoms. The molecule has 2 aromatic carbocycles. The van der Waals surface area contributed by atoms with E-state index in [4.69, 9.17) is 0 Å². The number of alkyl halides is 3. The Hall–Kier alpha value is -3.43. The zero-order valence-electron chi connectivity index (χ0n) is 14.8. The van der Waals surface area contributed by atoms with Crippen LogP contribution in [0.15, 0.2) is 48.8 Å². The molecule has 156 valence electrons. The molecule has 0 saturated carbocycles. The summed E-state index contributed by atoms with van der Waals surface area (Å²) in [5, 5.41) is 2.06. The SMILES string of the molecule is O=C(Nc1ccc(Cc2ccncc2C(F)(F)F)c(F)c1)c1c(F)cc(F)cc1F. The minimum absolute atomic E-state index is 0.108. The van der Waals surface area contributed by atoms with Gasteiger partial charge in [-0.1, -0.05) is 6.07 Å². The van der Waals surface area contributed by atoms with Crippen LogP contribution in [0.2, 0.25) is 0 Å². The number of nitrogens with one attached hydrogen (secondary N) is 1. The van der Waals surface area contributed by atoms with Crippen LogP contribution in [-0.4, -0.2) is 10.9 Å². The molecule has 3 nitrogen and oxygen atoms in total. The first-order valence-electron chi connectivity index (χ1n) is 8.30. The molecule has 1 aromatic heterocycles. The number of rotatable bonds is 4. The molecule has 3 rings (SSSR count). The average molecular weight is 428 g/mol. The monoisotopic (exact) mass is 428 g/mol. The van der Waals surface area contributed by atoms with E-state index in [1.807, 2.05) is 0 Å². The lowest BCUT2D eigenvalue weighted by Crippen LogP contribution is -2.16. The molecule has 0 aliphatic rings. The largest absolute Gasteiger partial charge is 0.418 e. The van der Waals surface area contributed by atoms with Crippen LogP contribution in [0.5, 0.6) is 0 Å². The second-order valence-corrected chi connectivity index (χ2v) is 6.21. The van der Waals surface area contributed by atoms with Crippen molar-refractivity contribution in [3.8, 4) is 0 Å². The third-order valence-electron chi connectivity index (χ3n) is 4.14. The Balaban J connectivity index is 1.83. The Bertz CT molecular complexity index is 1090. The Morgan fingerprint density at radius 2 is 1.57 bits per heavy atom. The standard InChI is InChI=1S/C20H11F7N2O/c21-12-6-16(23)18(17(24)7-12)19(30)29-13-2-1-11(15(22)8-13)5-10-3-4-28-9-14(10)20(25,26)27/h1-4,6-9H,5H2,(H,29,30). The van der Waals surface area contributed by atoms with Crippen LogP contribution in [0.3, 0.4) is 0 Å². The molecule has 0 aliphatic heterocycles. The smallest absolute Gasteiger partial charge is 0.322 e. The molecule has 1 amide bonds. The molecule has 1 N–H and O–H groups in total. The average Bonchev–Trinajstić information content (AvgIpc) is 2.62. The van der Waals surface area contributed by atoms with Gasteiger partial charge in [0.05, 0.1) is 5.56 Å². The summed E-state index contributed by atoms with van der Waals surface area (Å²) in [5.74, 6) is -6.34. The van der Waals surface area contributed by atoms with Gasteiger partial charge in [-0.15, -0.1) is 0 Å². The molecular formula is C20H11F7N2O. The molecule has 0 spiro atoms. The van der Waals surface area contributed by atoms with Crippen molar-refractivity contribution in [1.82, 2.24) is 4.98 Å². The fourth-order valence-corrected chi connectivity index (χ4v) is 2.76. The number of halogens is 7. The molecular weight excluding hydrogens is 417 g/mol. The van der Waals surface area contributed by atoms with Gasteiger partial charge in [0.2, 0.25) is 0 Å². The van der Waals surface area contributed by atoms with Crippen molar-refractivity contribution in [2.75, 3.05) is 5.32 Å². The molecule has 0 aliphatic carbocycles. The predicted octanol–water partition coefficient (Wildman–Crippen LogP) is 5.50. The second-order valence-electron chi connectivity index (χ2n) is 6.21. The minimum Gasteiger partial charge on any atom is -0.322 e. The number of anilines is 1. The zero-order chi connectivity index (χ0) is 22.1. The predicted molar refractivity (Wildman–Crippen MR) is 92.7 cm³/mol. The van der Waals surface area contributed by atoms with E-state index in [0.29, 0.717) is 18.3 Å². The van der Waals surface area contributed by atoms with E-state index >= 15 is 0 Å². The number of aromatic nitrogens is 1. The van der Waals surface area contributed by atoms with Crippen LogP contribution in [0.1, 0.15) is 27.0 Å². The number of carbonyl (C=O) groups is 1. The lowest BCUT2D eigenvalue weighted by molar-refractivity contribution is -0.138. The molecule has 0 fully saturated rings. The van der Waals surface area contributed by atoms with Crippen molar-refractivity contribution in [3.63, 3.8) is 0 Å². The van der Waals surface area contributed by atoms with Gasteiger partial charge in [-0.2, -0.15) is 13.2 Å².